The van der Waals surface area contributed by atoms with Crippen LogP contribution in [0.4, 0.5) is 0 Å². The Balaban J connectivity index is 3.15. The first-order valence-electron chi connectivity index (χ1n) is 4.69. The lowest BCUT2D eigenvalue weighted by Crippen LogP contribution is -2.04. The lowest BCUT2D eigenvalue weighted by molar-refractivity contribution is 0.183. The van der Waals surface area contributed by atoms with E-state index in [1.165, 1.54) is 0 Å². The van der Waals surface area contributed by atoms with Crippen molar-refractivity contribution in [1.82, 2.24) is 0 Å². The highest BCUT2D eigenvalue weighted by Crippen LogP contribution is 2.30. The van der Waals surface area contributed by atoms with Gasteiger partial charge in [0.2, 0.25) is 0 Å². The molecule has 0 aliphatic carbocycles. The standard InChI is InChI=1S/C11H17NO3/c1-13-7-9-5-11(15-3)10(14-2)4-8(9)6-12/h4-5H,6-7,12H2,1-3H3. The first kappa shape index (κ1) is 11.8. The molecule has 0 heterocycles. The molecule has 0 aromatic heterocycles. The Morgan fingerprint density at radius 1 is 1.00 bits per heavy atom. The van der Waals surface area contributed by atoms with Crippen LogP contribution in [-0.2, 0) is 17.9 Å². The fraction of sp³-hybridized carbons (Fsp3) is 0.455. The summed E-state index contributed by atoms with van der Waals surface area (Å²) in [5.41, 5.74) is 7.68. The van der Waals surface area contributed by atoms with Crippen LogP contribution in [0, 0.1) is 0 Å². The van der Waals surface area contributed by atoms with Gasteiger partial charge in [0, 0.05) is 13.7 Å². The van der Waals surface area contributed by atoms with E-state index in [9.17, 15) is 0 Å². The molecule has 4 nitrogen and oxygen atoms in total. The van der Waals surface area contributed by atoms with Gasteiger partial charge in [0.15, 0.2) is 11.5 Å². The number of rotatable bonds is 5. The summed E-state index contributed by atoms with van der Waals surface area (Å²) in [6, 6.07) is 3.78. The fourth-order valence-electron chi connectivity index (χ4n) is 1.44. The maximum atomic E-state index is 5.64. The van der Waals surface area contributed by atoms with Crippen LogP contribution in [-0.4, -0.2) is 21.3 Å². The van der Waals surface area contributed by atoms with E-state index in [4.69, 9.17) is 19.9 Å². The molecule has 0 saturated carbocycles. The van der Waals surface area contributed by atoms with E-state index in [0.717, 1.165) is 11.1 Å². The maximum Gasteiger partial charge on any atom is 0.161 e. The topological polar surface area (TPSA) is 53.7 Å². The summed E-state index contributed by atoms with van der Waals surface area (Å²) in [6.07, 6.45) is 0. The number of ether oxygens (including phenoxy) is 3. The quantitative estimate of drug-likeness (QED) is 0.797. The Morgan fingerprint density at radius 3 is 1.93 bits per heavy atom. The van der Waals surface area contributed by atoms with Crippen LogP contribution in [0.2, 0.25) is 0 Å². The molecule has 0 radical (unpaired) electrons. The van der Waals surface area contributed by atoms with Gasteiger partial charge in [-0.2, -0.15) is 0 Å². The number of hydrogen-bond acceptors (Lipinski definition) is 4. The summed E-state index contributed by atoms with van der Waals surface area (Å²) >= 11 is 0. The molecular weight excluding hydrogens is 194 g/mol. The predicted molar refractivity (Wildman–Crippen MR) is 58.2 cm³/mol. The normalized spacial score (nSPS) is 10.1. The van der Waals surface area contributed by atoms with Crippen molar-refractivity contribution in [1.29, 1.82) is 0 Å². The Morgan fingerprint density at radius 2 is 1.53 bits per heavy atom. The maximum absolute atomic E-state index is 5.64. The monoisotopic (exact) mass is 211 g/mol. The summed E-state index contributed by atoms with van der Waals surface area (Å²) < 4.78 is 15.5. The molecule has 0 unspecified atom stereocenters. The molecule has 0 aliphatic heterocycles. The summed E-state index contributed by atoms with van der Waals surface area (Å²) in [5, 5.41) is 0. The molecule has 15 heavy (non-hydrogen) atoms. The van der Waals surface area contributed by atoms with Crippen molar-refractivity contribution in [2.45, 2.75) is 13.2 Å². The lowest BCUT2D eigenvalue weighted by Gasteiger charge is -2.13. The van der Waals surface area contributed by atoms with Crippen LogP contribution in [0.25, 0.3) is 0 Å². The zero-order valence-electron chi connectivity index (χ0n) is 9.37. The van der Waals surface area contributed by atoms with Crippen LogP contribution in [0.3, 0.4) is 0 Å². The molecule has 4 heteroatoms. The van der Waals surface area contributed by atoms with Gasteiger partial charge in [-0.15, -0.1) is 0 Å². The van der Waals surface area contributed by atoms with E-state index in [2.05, 4.69) is 0 Å². The van der Waals surface area contributed by atoms with Crippen molar-refractivity contribution < 1.29 is 14.2 Å². The van der Waals surface area contributed by atoms with E-state index in [1.54, 1.807) is 21.3 Å². The molecule has 0 saturated heterocycles. The molecule has 0 fully saturated rings. The third-order valence-corrected chi connectivity index (χ3v) is 2.23. The van der Waals surface area contributed by atoms with Gasteiger partial charge < -0.3 is 19.9 Å². The van der Waals surface area contributed by atoms with E-state index in [1.807, 2.05) is 12.1 Å². The summed E-state index contributed by atoms with van der Waals surface area (Å²) in [5.74, 6) is 1.39. The average Bonchev–Trinajstić information content (AvgIpc) is 2.28. The Bertz CT molecular complexity index is 326. The third-order valence-electron chi connectivity index (χ3n) is 2.23. The molecule has 0 spiro atoms. The largest absolute Gasteiger partial charge is 0.493 e. The second-order valence-corrected chi connectivity index (χ2v) is 3.11. The van der Waals surface area contributed by atoms with Gasteiger partial charge in [-0.05, 0) is 23.3 Å². The van der Waals surface area contributed by atoms with E-state index in [-0.39, 0.29) is 0 Å². The van der Waals surface area contributed by atoms with Crippen molar-refractivity contribution in [2.75, 3.05) is 21.3 Å². The van der Waals surface area contributed by atoms with Gasteiger partial charge in [0.05, 0.1) is 20.8 Å². The third kappa shape index (κ3) is 2.61. The Hall–Kier alpha value is -1.26. The van der Waals surface area contributed by atoms with Crippen LogP contribution < -0.4 is 15.2 Å². The van der Waals surface area contributed by atoms with Crippen LogP contribution in [0.1, 0.15) is 11.1 Å². The SMILES string of the molecule is COCc1cc(OC)c(OC)cc1CN. The summed E-state index contributed by atoms with van der Waals surface area (Å²) in [4.78, 5) is 0. The van der Waals surface area contributed by atoms with Crippen LogP contribution in [0.5, 0.6) is 11.5 Å². The number of nitrogens with two attached hydrogens (primary N) is 1. The predicted octanol–water partition coefficient (Wildman–Crippen LogP) is 1.31. The zero-order valence-corrected chi connectivity index (χ0v) is 9.37. The minimum absolute atomic E-state index is 0.457. The zero-order chi connectivity index (χ0) is 11.3. The number of hydrogen-bond donors (Lipinski definition) is 1. The molecule has 2 N–H and O–H groups in total. The molecule has 84 valence electrons. The van der Waals surface area contributed by atoms with Crippen molar-refractivity contribution in [3.63, 3.8) is 0 Å². The van der Waals surface area contributed by atoms with Gasteiger partial charge in [0.1, 0.15) is 0 Å². The van der Waals surface area contributed by atoms with Crippen molar-refractivity contribution in [2.24, 2.45) is 5.73 Å². The highest BCUT2D eigenvalue weighted by Gasteiger charge is 2.09. The molecule has 0 aliphatic rings. The minimum atomic E-state index is 0.457. The van der Waals surface area contributed by atoms with Crippen molar-refractivity contribution in [3.8, 4) is 11.5 Å². The Labute approximate surface area is 89.9 Å². The first-order valence-corrected chi connectivity index (χ1v) is 4.69. The van der Waals surface area contributed by atoms with Crippen molar-refractivity contribution >= 4 is 0 Å². The highest BCUT2D eigenvalue weighted by atomic mass is 16.5. The van der Waals surface area contributed by atoms with E-state index >= 15 is 0 Å². The number of benzene rings is 1. The van der Waals surface area contributed by atoms with E-state index in [0.29, 0.717) is 24.7 Å². The van der Waals surface area contributed by atoms with Crippen LogP contribution in [0.15, 0.2) is 12.1 Å². The molecule has 1 rings (SSSR count). The lowest BCUT2D eigenvalue weighted by atomic mass is 10.1. The van der Waals surface area contributed by atoms with Crippen molar-refractivity contribution in [3.05, 3.63) is 23.3 Å². The smallest absolute Gasteiger partial charge is 0.161 e. The van der Waals surface area contributed by atoms with Gasteiger partial charge in [-0.25, -0.2) is 0 Å². The highest BCUT2D eigenvalue weighted by molar-refractivity contribution is 5.47. The molecule has 1 aromatic rings. The second-order valence-electron chi connectivity index (χ2n) is 3.11. The molecule has 0 amide bonds. The second kappa shape index (κ2) is 5.58. The summed E-state index contributed by atoms with van der Waals surface area (Å²) in [7, 11) is 4.86. The first-order chi connectivity index (χ1) is 7.26. The fourth-order valence-corrected chi connectivity index (χ4v) is 1.44. The Kier molecular flexibility index (Phi) is 4.39. The summed E-state index contributed by atoms with van der Waals surface area (Å²) in [6.45, 7) is 0.978. The van der Waals surface area contributed by atoms with Gasteiger partial charge in [-0.3, -0.25) is 0 Å². The minimum Gasteiger partial charge on any atom is -0.493 e. The van der Waals surface area contributed by atoms with Gasteiger partial charge in [0.25, 0.3) is 0 Å². The van der Waals surface area contributed by atoms with Gasteiger partial charge in [-0.1, -0.05) is 0 Å². The molecular formula is C11H17NO3. The number of methoxy groups -OCH3 is 3. The average molecular weight is 211 g/mol. The van der Waals surface area contributed by atoms with Gasteiger partial charge >= 0.3 is 0 Å². The molecule has 1 aromatic carbocycles. The molecule has 0 atom stereocenters. The molecule has 0 bridgehead atoms. The van der Waals surface area contributed by atoms with E-state index < -0.39 is 0 Å². The van der Waals surface area contributed by atoms with Crippen LogP contribution >= 0.6 is 0 Å².